The summed E-state index contributed by atoms with van der Waals surface area (Å²) >= 11 is 1.62. The molecule has 2 amide bonds. The minimum atomic E-state index is -0.900. The van der Waals surface area contributed by atoms with E-state index >= 15 is 0 Å². The van der Waals surface area contributed by atoms with Crippen LogP contribution >= 0.6 is 11.3 Å². The van der Waals surface area contributed by atoms with Crippen LogP contribution in [0, 0.1) is 5.41 Å². The zero-order valence-electron chi connectivity index (χ0n) is 11.8. The predicted octanol–water partition coefficient (Wildman–Crippen LogP) is 1.47. The van der Waals surface area contributed by atoms with Gasteiger partial charge in [0.1, 0.15) is 0 Å². The number of carbonyl (C=O) groups excluding carboxylic acids is 1. The highest BCUT2D eigenvalue weighted by molar-refractivity contribution is 7.07. The molecule has 1 aromatic heterocycles. The summed E-state index contributed by atoms with van der Waals surface area (Å²) in [5.41, 5.74) is 0.287. The lowest BCUT2D eigenvalue weighted by molar-refractivity contribution is -0.154. The van der Waals surface area contributed by atoms with Gasteiger partial charge in [-0.3, -0.25) is 4.79 Å². The molecule has 2 rings (SSSR count). The summed E-state index contributed by atoms with van der Waals surface area (Å²) in [5.74, 6) is -0.871. The van der Waals surface area contributed by atoms with Crippen LogP contribution in [0.15, 0.2) is 16.8 Å². The Morgan fingerprint density at radius 3 is 2.71 bits per heavy atom. The molecular weight excluding hydrogens is 292 g/mol. The van der Waals surface area contributed by atoms with Crippen molar-refractivity contribution in [2.45, 2.75) is 19.3 Å². The molecule has 0 bridgehead atoms. The Hall–Kier alpha value is -1.60. The average Bonchev–Trinajstić information content (AvgIpc) is 2.99. The number of hydrogen-bond donors (Lipinski definition) is 3. The maximum atomic E-state index is 11.7. The van der Waals surface area contributed by atoms with E-state index in [4.69, 9.17) is 4.74 Å². The number of hydrogen-bond acceptors (Lipinski definition) is 4. The molecule has 1 aromatic rings. The van der Waals surface area contributed by atoms with Gasteiger partial charge < -0.3 is 20.5 Å². The van der Waals surface area contributed by atoms with Crippen molar-refractivity contribution in [3.05, 3.63) is 22.4 Å². The molecule has 0 aromatic carbocycles. The van der Waals surface area contributed by atoms with Gasteiger partial charge in [0.05, 0.1) is 5.41 Å². The summed E-state index contributed by atoms with van der Waals surface area (Å²) in [5, 5.41) is 18.8. The topological polar surface area (TPSA) is 87.7 Å². The van der Waals surface area contributed by atoms with Gasteiger partial charge in [-0.1, -0.05) is 0 Å². The summed E-state index contributed by atoms with van der Waals surface area (Å²) < 4.78 is 5.20. The van der Waals surface area contributed by atoms with Gasteiger partial charge in [0, 0.05) is 26.3 Å². The molecule has 1 aliphatic rings. The van der Waals surface area contributed by atoms with Crippen LogP contribution in [-0.2, 0) is 16.0 Å². The van der Waals surface area contributed by atoms with Crippen LogP contribution < -0.4 is 10.6 Å². The zero-order chi connectivity index (χ0) is 15.1. The Morgan fingerprint density at radius 2 is 2.10 bits per heavy atom. The van der Waals surface area contributed by atoms with Crippen molar-refractivity contribution < 1.29 is 19.4 Å². The van der Waals surface area contributed by atoms with Crippen molar-refractivity contribution in [1.29, 1.82) is 0 Å². The second-order valence-corrected chi connectivity index (χ2v) is 5.97. The maximum Gasteiger partial charge on any atom is 0.314 e. The van der Waals surface area contributed by atoms with Crippen LogP contribution in [-0.4, -0.2) is 43.4 Å². The molecule has 0 aliphatic carbocycles. The van der Waals surface area contributed by atoms with E-state index in [1.165, 1.54) is 5.56 Å². The fraction of sp³-hybridized carbons (Fsp3) is 0.571. The molecule has 7 heteroatoms. The van der Waals surface area contributed by atoms with Crippen LogP contribution in [0.4, 0.5) is 4.79 Å². The van der Waals surface area contributed by atoms with E-state index in [2.05, 4.69) is 10.6 Å². The minimum Gasteiger partial charge on any atom is -0.481 e. The molecular formula is C14H20N2O4S. The number of amides is 2. The number of carboxylic acid groups (broad SMARTS) is 1. The molecule has 1 fully saturated rings. The first kappa shape index (κ1) is 15.8. The highest BCUT2D eigenvalue weighted by atomic mass is 32.1. The van der Waals surface area contributed by atoms with E-state index in [9.17, 15) is 14.7 Å². The van der Waals surface area contributed by atoms with Crippen molar-refractivity contribution >= 4 is 23.3 Å². The van der Waals surface area contributed by atoms with E-state index in [1.54, 1.807) is 11.3 Å². The third-order valence-corrected chi connectivity index (χ3v) is 4.50. The Bertz CT molecular complexity index is 469. The minimum absolute atomic E-state index is 0.135. The lowest BCUT2D eigenvalue weighted by atomic mass is 9.80. The van der Waals surface area contributed by atoms with Gasteiger partial charge in [0.2, 0.25) is 0 Å². The van der Waals surface area contributed by atoms with Crippen molar-refractivity contribution in [3.8, 4) is 0 Å². The molecule has 0 unspecified atom stereocenters. The van der Waals surface area contributed by atoms with Crippen molar-refractivity contribution in [2.24, 2.45) is 5.41 Å². The first-order chi connectivity index (χ1) is 10.1. The summed E-state index contributed by atoms with van der Waals surface area (Å²) in [6.45, 7) is 1.52. The highest BCUT2D eigenvalue weighted by Gasteiger charge is 2.40. The van der Waals surface area contributed by atoms with Crippen molar-refractivity contribution in [3.63, 3.8) is 0 Å². The van der Waals surface area contributed by atoms with Crippen LogP contribution in [0.3, 0.4) is 0 Å². The number of urea groups is 1. The lowest BCUT2D eigenvalue weighted by Gasteiger charge is -2.33. The lowest BCUT2D eigenvalue weighted by Crippen LogP contribution is -2.49. The molecule has 0 saturated carbocycles. The van der Waals surface area contributed by atoms with Gasteiger partial charge >= 0.3 is 12.0 Å². The van der Waals surface area contributed by atoms with Crippen LogP contribution in [0.5, 0.6) is 0 Å². The maximum absolute atomic E-state index is 11.7. The largest absolute Gasteiger partial charge is 0.481 e. The van der Waals surface area contributed by atoms with E-state index in [-0.39, 0.29) is 12.6 Å². The second kappa shape index (κ2) is 7.42. The van der Waals surface area contributed by atoms with Crippen molar-refractivity contribution in [1.82, 2.24) is 10.6 Å². The van der Waals surface area contributed by atoms with Gasteiger partial charge in [-0.25, -0.2) is 4.79 Å². The molecule has 0 spiro atoms. The van der Waals surface area contributed by atoms with Gasteiger partial charge in [0.15, 0.2) is 0 Å². The normalized spacial score (nSPS) is 17.1. The first-order valence-corrected chi connectivity index (χ1v) is 7.91. The molecule has 2 heterocycles. The van der Waals surface area contributed by atoms with E-state index in [0.29, 0.717) is 32.6 Å². The Kier molecular flexibility index (Phi) is 5.58. The third kappa shape index (κ3) is 4.44. The average molecular weight is 312 g/mol. The second-order valence-electron chi connectivity index (χ2n) is 5.19. The summed E-state index contributed by atoms with van der Waals surface area (Å²) in [6, 6.07) is 1.70. The quantitative estimate of drug-likeness (QED) is 0.742. The first-order valence-electron chi connectivity index (χ1n) is 6.96. The monoisotopic (exact) mass is 312 g/mol. The smallest absolute Gasteiger partial charge is 0.314 e. The molecule has 1 saturated heterocycles. The zero-order valence-corrected chi connectivity index (χ0v) is 12.6. The van der Waals surface area contributed by atoms with Gasteiger partial charge in [-0.15, -0.1) is 0 Å². The molecule has 0 radical (unpaired) electrons. The van der Waals surface area contributed by atoms with Crippen LogP contribution in [0.2, 0.25) is 0 Å². The molecule has 1 aliphatic heterocycles. The number of carbonyl (C=O) groups is 2. The molecule has 3 N–H and O–H groups in total. The number of thiophene rings is 1. The molecule has 6 nitrogen and oxygen atoms in total. The van der Waals surface area contributed by atoms with E-state index in [0.717, 1.165) is 6.42 Å². The highest BCUT2D eigenvalue weighted by Crippen LogP contribution is 2.29. The van der Waals surface area contributed by atoms with Gasteiger partial charge in [-0.05, 0) is 41.7 Å². The number of ether oxygens (including phenoxy) is 1. The summed E-state index contributed by atoms with van der Waals surface area (Å²) in [7, 11) is 0. The summed E-state index contributed by atoms with van der Waals surface area (Å²) in [6.07, 6.45) is 1.63. The van der Waals surface area contributed by atoms with Gasteiger partial charge in [-0.2, -0.15) is 11.3 Å². The number of carboxylic acids is 1. The number of rotatable bonds is 6. The molecule has 0 atom stereocenters. The van der Waals surface area contributed by atoms with Crippen LogP contribution in [0.25, 0.3) is 0 Å². The van der Waals surface area contributed by atoms with E-state index < -0.39 is 11.4 Å². The Balaban J connectivity index is 1.72. The molecule has 116 valence electrons. The van der Waals surface area contributed by atoms with Gasteiger partial charge in [0.25, 0.3) is 0 Å². The third-order valence-electron chi connectivity index (χ3n) is 3.77. The SMILES string of the molecule is O=C(NCCc1ccsc1)NCC1(C(=O)O)CCOCC1. The Labute approximate surface area is 127 Å². The predicted molar refractivity (Wildman–Crippen MR) is 79.5 cm³/mol. The van der Waals surface area contributed by atoms with Crippen molar-refractivity contribution in [2.75, 3.05) is 26.3 Å². The fourth-order valence-corrected chi connectivity index (χ4v) is 3.00. The number of aliphatic carboxylic acids is 1. The fourth-order valence-electron chi connectivity index (χ4n) is 2.30. The standard InChI is InChI=1S/C14H20N2O4S/c17-12(18)14(3-6-20-7-4-14)10-16-13(19)15-5-1-11-2-8-21-9-11/h2,8-9H,1,3-7,10H2,(H,17,18)(H2,15,16,19). The number of nitrogens with one attached hydrogen (secondary N) is 2. The summed E-state index contributed by atoms with van der Waals surface area (Å²) in [4.78, 5) is 23.2. The Morgan fingerprint density at radius 1 is 1.33 bits per heavy atom. The van der Waals surface area contributed by atoms with E-state index in [1.807, 2.05) is 16.8 Å². The van der Waals surface area contributed by atoms with Crippen LogP contribution in [0.1, 0.15) is 18.4 Å². The molecule has 21 heavy (non-hydrogen) atoms.